The van der Waals surface area contributed by atoms with Crippen molar-refractivity contribution < 1.29 is 17.9 Å². The van der Waals surface area contributed by atoms with Crippen LogP contribution in [0.4, 0.5) is 13.2 Å². The van der Waals surface area contributed by atoms with E-state index in [1.165, 1.54) is 11.1 Å². The molecule has 14 heteroatoms. The van der Waals surface area contributed by atoms with Gasteiger partial charge in [-0.1, -0.05) is 37.0 Å². The van der Waals surface area contributed by atoms with Gasteiger partial charge in [-0.3, -0.25) is 14.6 Å². The summed E-state index contributed by atoms with van der Waals surface area (Å²) >= 11 is 12.3. The zero-order valence-corrected chi connectivity index (χ0v) is 17.2. The number of nitrogens with one attached hydrogen (secondary N) is 2. The van der Waals surface area contributed by atoms with Gasteiger partial charge in [-0.05, 0) is 18.1 Å². The second-order valence-corrected chi connectivity index (χ2v) is 7.32. The first-order chi connectivity index (χ1) is 14.4. The summed E-state index contributed by atoms with van der Waals surface area (Å²) in [6.07, 6.45) is -5.09. The average Bonchev–Trinajstić information content (AvgIpc) is 2.64. The number of benzene rings is 1. The van der Waals surface area contributed by atoms with Gasteiger partial charge in [0.25, 0.3) is 11.1 Å². The maximum Gasteiger partial charge on any atom is 0.440 e. The van der Waals surface area contributed by atoms with Crippen LogP contribution in [0.15, 0.2) is 32.6 Å². The smallest absolute Gasteiger partial charge is 0.434 e. The van der Waals surface area contributed by atoms with E-state index in [0.717, 1.165) is 12.1 Å². The summed E-state index contributed by atoms with van der Waals surface area (Å²) in [4.78, 5) is 36.7. The quantitative estimate of drug-likeness (QED) is 0.594. The largest absolute Gasteiger partial charge is 0.440 e. The number of alkyl halides is 3. The van der Waals surface area contributed by atoms with Crippen molar-refractivity contribution in [2.75, 3.05) is 0 Å². The van der Waals surface area contributed by atoms with Gasteiger partial charge < -0.3 is 4.74 Å². The third-order valence-corrected chi connectivity index (χ3v) is 4.52. The molecule has 0 atom stereocenters. The van der Waals surface area contributed by atoms with E-state index in [-0.39, 0.29) is 33.3 Å². The highest BCUT2D eigenvalue weighted by molar-refractivity contribution is 6.37. The Morgan fingerprint density at radius 3 is 2.23 bits per heavy atom. The van der Waals surface area contributed by atoms with E-state index in [2.05, 4.69) is 15.3 Å². The van der Waals surface area contributed by atoms with Gasteiger partial charge in [0.2, 0.25) is 11.6 Å². The van der Waals surface area contributed by atoms with Crippen LogP contribution in [0.5, 0.6) is 11.6 Å². The summed E-state index contributed by atoms with van der Waals surface area (Å²) < 4.78 is 44.7. The van der Waals surface area contributed by atoms with Crippen LogP contribution in [0, 0.1) is 0 Å². The Morgan fingerprint density at radius 2 is 1.68 bits per heavy atom. The average molecular weight is 478 g/mol. The number of halogens is 5. The molecule has 0 saturated carbocycles. The molecule has 164 valence electrons. The SMILES string of the molecule is CC(C)c1cc(Oc2c(Cl)cc(-n3nc(C(F)(F)F)c(=O)[nH]c3=O)cc2Cl)n[nH]c1=O. The Kier molecular flexibility index (Phi) is 5.96. The van der Waals surface area contributed by atoms with Gasteiger partial charge >= 0.3 is 11.9 Å². The van der Waals surface area contributed by atoms with E-state index in [1.54, 1.807) is 13.8 Å². The predicted octanol–water partition coefficient (Wildman–Crippen LogP) is 3.25. The standard InChI is InChI=1S/C17H12Cl2F3N5O4/c1-6(2)8-5-11(24-25-14(8)28)31-12-9(18)3-7(4-10(12)19)27-16(30)23-15(29)13(26-27)17(20,21)22/h3-6H,1-2H3,(H,25,28)(H,23,29,30). The Labute approximate surface area is 180 Å². The minimum atomic E-state index is -5.09. The molecule has 0 aliphatic rings. The molecule has 0 bridgehead atoms. The van der Waals surface area contributed by atoms with Crippen molar-refractivity contribution in [1.29, 1.82) is 0 Å². The molecule has 0 aliphatic carbocycles. The van der Waals surface area contributed by atoms with Crippen molar-refractivity contribution in [2.24, 2.45) is 0 Å². The van der Waals surface area contributed by atoms with Gasteiger partial charge in [0.05, 0.1) is 15.7 Å². The van der Waals surface area contributed by atoms with Crippen LogP contribution in [0.3, 0.4) is 0 Å². The predicted molar refractivity (Wildman–Crippen MR) is 104 cm³/mol. The highest BCUT2D eigenvalue weighted by atomic mass is 35.5. The fourth-order valence-electron chi connectivity index (χ4n) is 2.51. The van der Waals surface area contributed by atoms with Gasteiger partial charge in [-0.2, -0.15) is 23.0 Å². The molecule has 0 radical (unpaired) electrons. The van der Waals surface area contributed by atoms with E-state index in [1.807, 2.05) is 0 Å². The molecular formula is C17H12Cl2F3N5O4. The number of aromatic nitrogens is 5. The first kappa shape index (κ1) is 22.6. The normalized spacial score (nSPS) is 11.7. The van der Waals surface area contributed by atoms with E-state index in [9.17, 15) is 27.6 Å². The van der Waals surface area contributed by atoms with E-state index in [0.29, 0.717) is 10.2 Å². The Balaban J connectivity index is 2.06. The van der Waals surface area contributed by atoms with Gasteiger partial charge in [0.1, 0.15) is 0 Å². The van der Waals surface area contributed by atoms with Crippen molar-refractivity contribution in [2.45, 2.75) is 25.9 Å². The van der Waals surface area contributed by atoms with Crippen LogP contribution in [0.25, 0.3) is 5.69 Å². The molecule has 3 rings (SSSR count). The molecule has 0 unspecified atom stereocenters. The molecule has 31 heavy (non-hydrogen) atoms. The number of H-pyrrole nitrogens is 2. The summed E-state index contributed by atoms with van der Waals surface area (Å²) in [5, 5.41) is 8.68. The fourth-order valence-corrected chi connectivity index (χ4v) is 3.07. The van der Waals surface area contributed by atoms with Crippen LogP contribution in [0.1, 0.15) is 31.0 Å². The molecule has 1 aromatic carbocycles. The van der Waals surface area contributed by atoms with Crippen molar-refractivity contribution in [3.63, 3.8) is 0 Å². The van der Waals surface area contributed by atoms with Crippen molar-refractivity contribution in [1.82, 2.24) is 25.0 Å². The first-order valence-electron chi connectivity index (χ1n) is 8.46. The second kappa shape index (κ2) is 8.19. The number of nitrogens with zero attached hydrogens (tertiary/aromatic N) is 3. The maximum absolute atomic E-state index is 13.0. The van der Waals surface area contributed by atoms with Crippen molar-refractivity contribution >= 4 is 23.2 Å². The molecule has 2 N–H and O–H groups in total. The zero-order valence-electron chi connectivity index (χ0n) is 15.7. The lowest BCUT2D eigenvalue weighted by molar-refractivity contribution is -0.143. The lowest BCUT2D eigenvalue weighted by Gasteiger charge is -2.13. The van der Waals surface area contributed by atoms with Crippen molar-refractivity contribution in [3.05, 3.63) is 70.7 Å². The molecule has 0 saturated heterocycles. The monoisotopic (exact) mass is 477 g/mol. The highest BCUT2D eigenvalue weighted by Gasteiger charge is 2.37. The number of ether oxygens (including phenoxy) is 1. The highest BCUT2D eigenvalue weighted by Crippen LogP contribution is 2.37. The van der Waals surface area contributed by atoms with Crippen LogP contribution in [-0.4, -0.2) is 25.0 Å². The van der Waals surface area contributed by atoms with E-state index < -0.39 is 28.7 Å². The van der Waals surface area contributed by atoms with Gasteiger partial charge in [-0.25, -0.2) is 9.89 Å². The molecule has 9 nitrogen and oxygen atoms in total. The number of aromatic amines is 2. The van der Waals surface area contributed by atoms with Crippen molar-refractivity contribution in [3.8, 4) is 17.3 Å². The summed E-state index contributed by atoms with van der Waals surface area (Å²) in [5.74, 6) is -0.308. The fraction of sp³-hybridized carbons (Fsp3) is 0.235. The molecule has 2 heterocycles. The number of hydrogen-bond acceptors (Lipinski definition) is 6. The molecule has 0 fully saturated rings. The van der Waals surface area contributed by atoms with E-state index in [4.69, 9.17) is 27.9 Å². The third-order valence-electron chi connectivity index (χ3n) is 3.96. The van der Waals surface area contributed by atoms with Crippen LogP contribution in [-0.2, 0) is 6.18 Å². The Morgan fingerprint density at radius 1 is 1.06 bits per heavy atom. The third kappa shape index (κ3) is 4.64. The Bertz CT molecular complexity index is 1310. The molecule has 0 spiro atoms. The van der Waals surface area contributed by atoms with Gasteiger partial charge in [0, 0.05) is 11.6 Å². The molecule has 2 aromatic heterocycles. The molecule has 0 amide bonds. The lowest BCUT2D eigenvalue weighted by atomic mass is 10.1. The van der Waals surface area contributed by atoms with Crippen LogP contribution < -0.4 is 21.5 Å². The minimum Gasteiger partial charge on any atom is -0.434 e. The summed E-state index contributed by atoms with van der Waals surface area (Å²) in [6.45, 7) is 3.57. The first-order valence-corrected chi connectivity index (χ1v) is 9.21. The van der Waals surface area contributed by atoms with Gasteiger partial charge in [-0.15, -0.1) is 5.10 Å². The van der Waals surface area contributed by atoms with E-state index >= 15 is 0 Å². The summed E-state index contributed by atoms with van der Waals surface area (Å²) in [7, 11) is 0. The zero-order chi connectivity index (χ0) is 23.1. The topological polar surface area (TPSA) is 123 Å². The minimum absolute atomic E-state index is 0.0430. The Hall–Kier alpha value is -3.12. The number of hydrogen-bond donors (Lipinski definition) is 2. The summed E-state index contributed by atoms with van der Waals surface area (Å²) in [6, 6.07) is 3.50. The number of rotatable bonds is 4. The lowest BCUT2D eigenvalue weighted by Crippen LogP contribution is -2.37. The second-order valence-electron chi connectivity index (χ2n) is 6.50. The maximum atomic E-state index is 13.0. The molecule has 0 aliphatic heterocycles. The van der Waals surface area contributed by atoms with Gasteiger partial charge in [0.15, 0.2) is 5.75 Å². The summed E-state index contributed by atoms with van der Waals surface area (Å²) in [5.41, 5.74) is -5.01. The van der Waals surface area contributed by atoms with Crippen LogP contribution >= 0.6 is 23.2 Å². The molecular weight excluding hydrogens is 466 g/mol. The molecule has 3 aromatic rings. The van der Waals surface area contributed by atoms with Crippen LogP contribution in [0.2, 0.25) is 10.0 Å².